The van der Waals surface area contributed by atoms with Crippen LogP contribution in [0.25, 0.3) is 10.2 Å². The number of aromatic nitrogens is 2. The highest BCUT2D eigenvalue weighted by molar-refractivity contribution is 7.19. The van der Waals surface area contributed by atoms with Gasteiger partial charge in [-0.2, -0.15) is 0 Å². The van der Waals surface area contributed by atoms with E-state index in [1.165, 1.54) is 35.3 Å². The lowest BCUT2D eigenvalue weighted by molar-refractivity contribution is 0.258. The zero-order chi connectivity index (χ0) is 17.7. The van der Waals surface area contributed by atoms with E-state index >= 15 is 0 Å². The zero-order valence-corrected chi connectivity index (χ0v) is 16.8. The van der Waals surface area contributed by atoms with Crippen LogP contribution in [0.3, 0.4) is 0 Å². The average Bonchev–Trinajstić information content (AvgIpc) is 3.22. The summed E-state index contributed by atoms with van der Waals surface area (Å²) < 4.78 is 0. The number of nitrogens with two attached hydrogens (primary N) is 1. The Hall–Kier alpha value is -1.50. The first kappa shape index (κ1) is 16.7. The van der Waals surface area contributed by atoms with Gasteiger partial charge in [0.15, 0.2) is 0 Å². The first-order valence-electron chi connectivity index (χ1n) is 9.51. The van der Waals surface area contributed by atoms with Crippen LogP contribution in [0.5, 0.6) is 0 Å². The van der Waals surface area contributed by atoms with Crippen molar-refractivity contribution in [2.45, 2.75) is 45.6 Å². The third-order valence-electron chi connectivity index (χ3n) is 5.77. The molecule has 1 atom stereocenters. The number of anilines is 1. The molecule has 136 valence electrons. The van der Waals surface area contributed by atoms with Crippen LogP contribution in [0.4, 0.5) is 5.82 Å². The van der Waals surface area contributed by atoms with Crippen molar-refractivity contribution in [2.75, 3.05) is 18.8 Å². The second-order valence-electron chi connectivity index (χ2n) is 7.70. The summed E-state index contributed by atoms with van der Waals surface area (Å²) in [7, 11) is 0. The van der Waals surface area contributed by atoms with Gasteiger partial charge >= 0.3 is 0 Å². The van der Waals surface area contributed by atoms with Gasteiger partial charge in [0.25, 0.3) is 0 Å². The van der Waals surface area contributed by atoms with Gasteiger partial charge in [-0.05, 0) is 54.2 Å². The quantitative estimate of drug-likeness (QED) is 0.740. The van der Waals surface area contributed by atoms with Crippen LogP contribution in [0.15, 0.2) is 11.4 Å². The predicted molar refractivity (Wildman–Crippen MR) is 110 cm³/mol. The first-order chi connectivity index (χ1) is 12.7. The van der Waals surface area contributed by atoms with Crippen molar-refractivity contribution in [3.63, 3.8) is 0 Å². The molecule has 0 bridgehead atoms. The molecular weight excluding hydrogens is 360 g/mol. The van der Waals surface area contributed by atoms with Gasteiger partial charge in [-0.25, -0.2) is 9.97 Å². The molecule has 0 fully saturated rings. The fourth-order valence-corrected chi connectivity index (χ4v) is 6.58. The fourth-order valence-electron chi connectivity index (χ4n) is 4.28. The number of hydrogen-bond donors (Lipinski definition) is 1. The summed E-state index contributed by atoms with van der Waals surface area (Å²) in [6.07, 6.45) is 5.59. The van der Waals surface area contributed by atoms with Crippen LogP contribution in [-0.4, -0.2) is 28.0 Å². The first-order valence-corrected chi connectivity index (χ1v) is 11.2. The van der Waals surface area contributed by atoms with Gasteiger partial charge in [0.2, 0.25) is 0 Å². The van der Waals surface area contributed by atoms with Crippen molar-refractivity contribution >= 4 is 38.7 Å². The molecular formula is C20H24N4S2. The van der Waals surface area contributed by atoms with E-state index in [9.17, 15) is 0 Å². The number of nitrogens with zero attached hydrogens (tertiary/aromatic N) is 3. The third kappa shape index (κ3) is 2.94. The number of rotatable bonds is 3. The Morgan fingerprint density at radius 1 is 1.27 bits per heavy atom. The SMILES string of the molecule is CC1CCc2c(sc3nc(CCN4CCc5sccc5C4)nc(N)c23)C1. The van der Waals surface area contributed by atoms with E-state index in [1.54, 1.807) is 4.88 Å². The topological polar surface area (TPSA) is 55.0 Å². The molecule has 1 unspecified atom stereocenters. The van der Waals surface area contributed by atoms with Crippen molar-refractivity contribution in [2.24, 2.45) is 5.92 Å². The standard InChI is InChI=1S/C20H24N4S2/c1-12-2-3-14-16(10-12)26-20-18(14)19(21)22-17(23-20)5-8-24-7-4-15-13(11-24)6-9-25-15/h6,9,12H,2-5,7-8,10-11H2,1H3,(H2,21,22,23). The lowest BCUT2D eigenvalue weighted by Crippen LogP contribution is -2.31. The third-order valence-corrected chi connectivity index (χ3v) is 7.94. The van der Waals surface area contributed by atoms with Crippen LogP contribution in [0, 0.1) is 5.92 Å². The van der Waals surface area contributed by atoms with Gasteiger partial charge < -0.3 is 5.73 Å². The normalized spacial score (nSPS) is 20.3. The Morgan fingerprint density at radius 3 is 3.12 bits per heavy atom. The van der Waals surface area contributed by atoms with Crippen LogP contribution in [-0.2, 0) is 32.2 Å². The predicted octanol–water partition coefficient (Wildman–Crippen LogP) is 4.06. The molecule has 5 rings (SSSR count). The smallest absolute Gasteiger partial charge is 0.136 e. The molecule has 3 aromatic heterocycles. The Labute approximate surface area is 162 Å². The molecule has 0 saturated carbocycles. The number of thiophene rings is 2. The fraction of sp³-hybridized carbons (Fsp3) is 0.500. The molecule has 4 nitrogen and oxygen atoms in total. The highest BCUT2D eigenvalue weighted by Gasteiger charge is 2.23. The van der Waals surface area contributed by atoms with Crippen molar-refractivity contribution in [1.82, 2.24) is 14.9 Å². The van der Waals surface area contributed by atoms with E-state index in [2.05, 4.69) is 28.3 Å². The molecule has 3 aromatic rings. The molecule has 0 aromatic carbocycles. The lowest BCUT2D eigenvalue weighted by Gasteiger charge is -2.26. The monoisotopic (exact) mass is 384 g/mol. The highest BCUT2D eigenvalue weighted by Crippen LogP contribution is 2.39. The largest absolute Gasteiger partial charge is 0.383 e. The molecule has 0 spiro atoms. The van der Waals surface area contributed by atoms with Gasteiger partial charge in [-0.15, -0.1) is 22.7 Å². The van der Waals surface area contributed by atoms with Gasteiger partial charge in [-0.1, -0.05) is 6.92 Å². The molecule has 2 aliphatic rings. The summed E-state index contributed by atoms with van der Waals surface area (Å²) in [5.41, 5.74) is 9.28. The summed E-state index contributed by atoms with van der Waals surface area (Å²) in [4.78, 5) is 16.2. The molecule has 0 saturated heterocycles. The highest BCUT2D eigenvalue weighted by atomic mass is 32.1. The lowest BCUT2D eigenvalue weighted by atomic mass is 9.89. The minimum absolute atomic E-state index is 0.691. The summed E-state index contributed by atoms with van der Waals surface area (Å²) in [5, 5.41) is 3.35. The molecule has 0 amide bonds. The van der Waals surface area contributed by atoms with E-state index < -0.39 is 0 Å². The average molecular weight is 385 g/mol. The minimum Gasteiger partial charge on any atom is -0.383 e. The van der Waals surface area contributed by atoms with Crippen LogP contribution < -0.4 is 5.73 Å². The number of aryl methyl sites for hydroxylation is 1. The van der Waals surface area contributed by atoms with E-state index in [1.807, 2.05) is 22.7 Å². The molecule has 6 heteroatoms. The van der Waals surface area contributed by atoms with Gasteiger partial charge in [0.1, 0.15) is 16.5 Å². The van der Waals surface area contributed by atoms with E-state index in [0.717, 1.165) is 54.4 Å². The van der Waals surface area contributed by atoms with E-state index in [-0.39, 0.29) is 0 Å². The molecule has 1 aliphatic heterocycles. The maximum Gasteiger partial charge on any atom is 0.136 e. The Balaban J connectivity index is 1.35. The van der Waals surface area contributed by atoms with Crippen molar-refractivity contribution < 1.29 is 0 Å². The Bertz CT molecular complexity index is 958. The molecule has 26 heavy (non-hydrogen) atoms. The summed E-state index contributed by atoms with van der Waals surface area (Å²) >= 11 is 3.73. The summed E-state index contributed by atoms with van der Waals surface area (Å²) in [5.74, 6) is 2.36. The molecule has 2 N–H and O–H groups in total. The van der Waals surface area contributed by atoms with Crippen LogP contribution >= 0.6 is 22.7 Å². The minimum atomic E-state index is 0.691. The zero-order valence-electron chi connectivity index (χ0n) is 15.1. The Kier molecular flexibility index (Phi) is 4.22. The van der Waals surface area contributed by atoms with E-state index in [4.69, 9.17) is 10.7 Å². The van der Waals surface area contributed by atoms with Gasteiger partial charge in [0, 0.05) is 35.8 Å². The van der Waals surface area contributed by atoms with Crippen molar-refractivity contribution in [3.8, 4) is 0 Å². The van der Waals surface area contributed by atoms with Crippen molar-refractivity contribution in [3.05, 3.63) is 38.2 Å². The summed E-state index contributed by atoms with van der Waals surface area (Å²) in [6.45, 7) is 5.53. The maximum atomic E-state index is 6.36. The molecule has 1 aliphatic carbocycles. The Morgan fingerprint density at radius 2 is 2.19 bits per heavy atom. The molecule has 4 heterocycles. The van der Waals surface area contributed by atoms with Gasteiger partial charge in [-0.3, -0.25) is 4.90 Å². The number of nitrogen functional groups attached to an aromatic ring is 1. The van der Waals surface area contributed by atoms with Gasteiger partial charge in [0.05, 0.1) is 5.39 Å². The van der Waals surface area contributed by atoms with Crippen molar-refractivity contribution in [1.29, 1.82) is 0 Å². The van der Waals surface area contributed by atoms with Crippen LogP contribution in [0.1, 0.15) is 40.1 Å². The number of fused-ring (bicyclic) bond motifs is 4. The second kappa shape index (κ2) is 6.59. The summed E-state index contributed by atoms with van der Waals surface area (Å²) in [6, 6.07) is 2.27. The number of hydrogen-bond acceptors (Lipinski definition) is 6. The van der Waals surface area contributed by atoms with E-state index in [0.29, 0.717) is 5.82 Å². The molecule has 0 radical (unpaired) electrons. The maximum absolute atomic E-state index is 6.36. The second-order valence-corrected chi connectivity index (χ2v) is 9.79. The van der Waals surface area contributed by atoms with Crippen LogP contribution in [0.2, 0.25) is 0 Å².